The summed E-state index contributed by atoms with van der Waals surface area (Å²) in [6.45, 7) is 6.95. The number of tetrazole rings is 1. The maximum absolute atomic E-state index is 4.54. The Morgan fingerprint density at radius 2 is 2.04 bits per heavy atom. The van der Waals surface area contributed by atoms with Crippen LogP contribution in [0.4, 0.5) is 0 Å². The van der Waals surface area contributed by atoms with E-state index in [1.165, 1.54) is 19.3 Å². The van der Waals surface area contributed by atoms with Crippen LogP contribution in [0, 0.1) is 5.41 Å². The molecule has 1 spiro atoms. The summed E-state index contributed by atoms with van der Waals surface area (Å²) in [6.07, 6.45) is 8.76. The normalized spacial score (nSPS) is 21.1. The molecule has 0 radical (unpaired) electrons. The van der Waals surface area contributed by atoms with Crippen LogP contribution in [-0.2, 0) is 26.7 Å². The number of halogens is 1. The molecule has 4 rings (SSSR count). The first-order valence-corrected chi connectivity index (χ1v) is 9.38. The maximum atomic E-state index is 4.54. The molecule has 144 valence electrons. The second kappa shape index (κ2) is 8.02. The summed E-state index contributed by atoms with van der Waals surface area (Å²) in [6, 6.07) is 0.609. The van der Waals surface area contributed by atoms with E-state index in [2.05, 4.69) is 49.3 Å². The largest absolute Gasteiger partial charge is 0.337 e. The number of nitrogens with one attached hydrogen (secondary N) is 1. The molecule has 0 bridgehead atoms. The Kier molecular flexibility index (Phi) is 5.94. The standard InChI is InChI=1S/C17H28N8.ClH/c1-3-9-25-16(20-21-22-25)13-24(12-15-19-8-10-23(15)2)14-11-17(14)4-6-18-7-5-17;/h8,10,14,18H,3-7,9,11-13H2,1-2H3;1H. The van der Waals surface area contributed by atoms with Crippen molar-refractivity contribution in [3.63, 3.8) is 0 Å². The third kappa shape index (κ3) is 3.77. The second-order valence-electron chi connectivity index (χ2n) is 7.51. The molecule has 8 nitrogen and oxygen atoms in total. The van der Waals surface area contributed by atoms with Crippen LogP contribution in [0.15, 0.2) is 12.4 Å². The lowest BCUT2D eigenvalue weighted by molar-refractivity contribution is 0.176. The number of nitrogens with zero attached hydrogens (tertiary/aromatic N) is 7. The Morgan fingerprint density at radius 3 is 2.73 bits per heavy atom. The van der Waals surface area contributed by atoms with E-state index in [9.17, 15) is 0 Å². The topological polar surface area (TPSA) is 76.7 Å². The molecular weight excluding hydrogens is 352 g/mol. The Hall–Kier alpha value is -1.51. The molecule has 1 aliphatic heterocycles. The van der Waals surface area contributed by atoms with Crippen molar-refractivity contribution in [3.8, 4) is 0 Å². The van der Waals surface area contributed by atoms with Gasteiger partial charge in [0.25, 0.3) is 0 Å². The second-order valence-corrected chi connectivity index (χ2v) is 7.51. The van der Waals surface area contributed by atoms with Crippen LogP contribution in [0.5, 0.6) is 0 Å². The molecule has 2 aliphatic rings. The molecule has 0 amide bonds. The van der Waals surface area contributed by atoms with E-state index in [0.29, 0.717) is 11.5 Å². The van der Waals surface area contributed by atoms with E-state index >= 15 is 0 Å². The highest BCUT2D eigenvalue weighted by Gasteiger charge is 2.56. The Labute approximate surface area is 160 Å². The van der Waals surface area contributed by atoms with Crippen molar-refractivity contribution in [1.82, 2.24) is 40.0 Å². The number of hydrogen-bond acceptors (Lipinski definition) is 6. The van der Waals surface area contributed by atoms with Crippen LogP contribution < -0.4 is 5.32 Å². The molecule has 2 fully saturated rings. The molecule has 1 saturated carbocycles. The zero-order valence-electron chi connectivity index (χ0n) is 15.6. The number of hydrogen-bond donors (Lipinski definition) is 1. The summed E-state index contributed by atoms with van der Waals surface area (Å²) in [5.74, 6) is 2.07. The van der Waals surface area contributed by atoms with Crippen molar-refractivity contribution in [3.05, 3.63) is 24.0 Å². The first-order chi connectivity index (χ1) is 12.2. The predicted molar refractivity (Wildman–Crippen MR) is 101 cm³/mol. The van der Waals surface area contributed by atoms with E-state index in [4.69, 9.17) is 0 Å². The molecule has 1 unspecified atom stereocenters. The monoisotopic (exact) mass is 380 g/mol. The van der Waals surface area contributed by atoms with Gasteiger partial charge in [-0.25, -0.2) is 9.67 Å². The van der Waals surface area contributed by atoms with Crippen molar-refractivity contribution in [2.24, 2.45) is 12.5 Å². The number of piperidine rings is 1. The van der Waals surface area contributed by atoms with Crippen molar-refractivity contribution in [1.29, 1.82) is 0 Å². The summed E-state index contributed by atoms with van der Waals surface area (Å²) in [4.78, 5) is 7.08. The number of aryl methyl sites for hydroxylation is 2. The maximum Gasteiger partial charge on any atom is 0.165 e. The molecule has 1 saturated heterocycles. The highest BCUT2D eigenvalue weighted by atomic mass is 35.5. The fourth-order valence-corrected chi connectivity index (χ4v) is 4.21. The SMILES string of the molecule is CCCn1nnnc1CN(Cc1nccn1C)C1CC12CCNCC2.Cl. The van der Waals surface area contributed by atoms with Gasteiger partial charge in [0.2, 0.25) is 0 Å². The minimum absolute atomic E-state index is 0. The summed E-state index contributed by atoms with van der Waals surface area (Å²) >= 11 is 0. The lowest BCUT2D eigenvalue weighted by Crippen LogP contribution is -2.36. The molecule has 0 aromatic carbocycles. The Bertz CT molecular complexity index is 705. The van der Waals surface area contributed by atoms with Gasteiger partial charge in [0.15, 0.2) is 5.82 Å². The van der Waals surface area contributed by atoms with Crippen LogP contribution in [0.2, 0.25) is 0 Å². The van der Waals surface area contributed by atoms with E-state index in [1.807, 2.05) is 17.1 Å². The van der Waals surface area contributed by atoms with Gasteiger partial charge in [-0.3, -0.25) is 4.90 Å². The van der Waals surface area contributed by atoms with Crippen molar-refractivity contribution in [2.45, 2.75) is 58.3 Å². The Balaban J connectivity index is 0.00000196. The lowest BCUT2D eigenvalue weighted by Gasteiger charge is -2.29. The fourth-order valence-electron chi connectivity index (χ4n) is 4.21. The number of rotatable bonds is 7. The van der Waals surface area contributed by atoms with Crippen LogP contribution in [-0.4, -0.2) is 53.8 Å². The molecule has 26 heavy (non-hydrogen) atoms. The molecular formula is C17H29ClN8. The van der Waals surface area contributed by atoms with Crippen molar-refractivity contribution in [2.75, 3.05) is 13.1 Å². The average Bonchev–Trinajstić information content (AvgIpc) is 2.93. The van der Waals surface area contributed by atoms with Gasteiger partial charge in [-0.15, -0.1) is 17.5 Å². The summed E-state index contributed by atoms with van der Waals surface area (Å²) in [5.41, 5.74) is 0.486. The third-order valence-electron chi connectivity index (χ3n) is 5.84. The van der Waals surface area contributed by atoms with Gasteiger partial charge < -0.3 is 9.88 Å². The molecule has 1 aliphatic carbocycles. The van der Waals surface area contributed by atoms with Gasteiger partial charge >= 0.3 is 0 Å². The zero-order valence-corrected chi connectivity index (χ0v) is 16.5. The first kappa shape index (κ1) is 19.3. The zero-order chi connectivity index (χ0) is 17.3. The van der Waals surface area contributed by atoms with E-state index in [0.717, 1.165) is 50.8 Å². The smallest absolute Gasteiger partial charge is 0.165 e. The molecule has 1 atom stereocenters. The van der Waals surface area contributed by atoms with E-state index in [-0.39, 0.29) is 12.4 Å². The number of aromatic nitrogens is 6. The molecule has 2 aromatic heterocycles. The van der Waals surface area contributed by atoms with E-state index < -0.39 is 0 Å². The Morgan fingerprint density at radius 1 is 1.27 bits per heavy atom. The molecule has 2 aromatic rings. The van der Waals surface area contributed by atoms with Crippen LogP contribution in [0.1, 0.15) is 44.3 Å². The summed E-state index contributed by atoms with van der Waals surface area (Å²) < 4.78 is 4.06. The number of imidazole rings is 1. The van der Waals surface area contributed by atoms with Gasteiger partial charge in [0.05, 0.1) is 13.1 Å². The van der Waals surface area contributed by atoms with Crippen molar-refractivity contribution < 1.29 is 0 Å². The van der Waals surface area contributed by atoms with Gasteiger partial charge in [0.1, 0.15) is 5.82 Å². The summed E-state index contributed by atoms with van der Waals surface area (Å²) in [7, 11) is 2.06. The van der Waals surface area contributed by atoms with Crippen molar-refractivity contribution >= 4 is 12.4 Å². The van der Waals surface area contributed by atoms with Gasteiger partial charge in [-0.05, 0) is 54.6 Å². The minimum Gasteiger partial charge on any atom is -0.337 e. The molecule has 9 heteroatoms. The third-order valence-corrected chi connectivity index (χ3v) is 5.84. The van der Waals surface area contributed by atoms with Gasteiger partial charge in [-0.2, -0.15) is 0 Å². The average molecular weight is 381 g/mol. The lowest BCUT2D eigenvalue weighted by atomic mass is 9.93. The predicted octanol–water partition coefficient (Wildman–Crippen LogP) is 1.38. The van der Waals surface area contributed by atoms with Gasteiger partial charge in [-0.1, -0.05) is 6.92 Å². The van der Waals surface area contributed by atoms with Gasteiger partial charge in [0, 0.05) is 32.0 Å². The highest BCUT2D eigenvalue weighted by molar-refractivity contribution is 5.85. The van der Waals surface area contributed by atoms with E-state index in [1.54, 1.807) is 0 Å². The molecule has 1 N–H and O–H groups in total. The summed E-state index contributed by atoms with van der Waals surface area (Å²) in [5, 5.41) is 15.8. The quantitative estimate of drug-likeness (QED) is 0.782. The minimum atomic E-state index is 0. The first-order valence-electron chi connectivity index (χ1n) is 9.38. The fraction of sp³-hybridized carbons (Fsp3) is 0.765. The van der Waals surface area contributed by atoms with Crippen LogP contribution >= 0.6 is 12.4 Å². The highest BCUT2D eigenvalue weighted by Crippen LogP contribution is 2.56. The van der Waals surface area contributed by atoms with Crippen LogP contribution in [0.3, 0.4) is 0 Å². The van der Waals surface area contributed by atoms with Crippen LogP contribution in [0.25, 0.3) is 0 Å². The molecule has 3 heterocycles.